The lowest BCUT2D eigenvalue weighted by Crippen LogP contribution is -2.52. The van der Waals surface area contributed by atoms with Gasteiger partial charge in [-0.05, 0) is 32.4 Å². The van der Waals surface area contributed by atoms with Gasteiger partial charge in [-0.1, -0.05) is 0 Å². The summed E-state index contributed by atoms with van der Waals surface area (Å²) >= 11 is 0. The first kappa shape index (κ1) is 15.5. The van der Waals surface area contributed by atoms with Crippen molar-refractivity contribution in [2.75, 3.05) is 18.5 Å². The third kappa shape index (κ3) is 3.68. The van der Waals surface area contributed by atoms with Gasteiger partial charge in [0.25, 0.3) is 5.91 Å². The topological polar surface area (TPSA) is 89.3 Å². The van der Waals surface area contributed by atoms with Crippen LogP contribution in [-0.2, 0) is 4.74 Å². The second kappa shape index (κ2) is 6.78. The zero-order valence-electron chi connectivity index (χ0n) is 13.2. The van der Waals surface area contributed by atoms with Gasteiger partial charge in [-0.15, -0.1) is 0 Å². The Hall–Kier alpha value is -2.41. The number of hydrogen-bond donors (Lipinski definition) is 2. The van der Waals surface area contributed by atoms with E-state index in [9.17, 15) is 4.79 Å². The molecule has 0 bridgehead atoms. The Morgan fingerprint density at radius 2 is 2.17 bits per heavy atom. The average Bonchev–Trinajstić information content (AvgIpc) is 2.95. The van der Waals surface area contributed by atoms with Crippen LogP contribution in [0.4, 0.5) is 5.82 Å². The fourth-order valence-corrected chi connectivity index (χ4v) is 2.65. The summed E-state index contributed by atoms with van der Waals surface area (Å²) in [7, 11) is 0. The van der Waals surface area contributed by atoms with Crippen molar-refractivity contribution in [2.45, 2.75) is 32.4 Å². The summed E-state index contributed by atoms with van der Waals surface area (Å²) < 4.78 is 10.7. The van der Waals surface area contributed by atoms with Gasteiger partial charge >= 0.3 is 0 Å². The molecule has 1 saturated heterocycles. The van der Waals surface area contributed by atoms with Crippen LogP contribution in [0.25, 0.3) is 0 Å². The van der Waals surface area contributed by atoms with Crippen molar-refractivity contribution in [2.24, 2.45) is 0 Å². The number of aryl methyl sites for hydroxylation is 2. The molecule has 0 unspecified atom stereocenters. The van der Waals surface area contributed by atoms with Crippen molar-refractivity contribution >= 4 is 11.7 Å². The first-order valence-corrected chi connectivity index (χ1v) is 7.62. The normalized spacial score (nSPS) is 21.0. The van der Waals surface area contributed by atoms with E-state index in [2.05, 4.69) is 20.6 Å². The van der Waals surface area contributed by atoms with E-state index in [0.717, 1.165) is 12.2 Å². The molecule has 0 aromatic carbocycles. The Bertz CT molecular complexity index is 685. The number of nitrogens with zero attached hydrogens (tertiary/aromatic N) is 2. The number of amides is 1. The van der Waals surface area contributed by atoms with E-state index in [0.29, 0.717) is 30.4 Å². The number of hydrogen-bond acceptors (Lipinski definition) is 6. The van der Waals surface area contributed by atoms with Crippen LogP contribution in [-0.4, -0.2) is 41.2 Å². The smallest absolute Gasteiger partial charge is 0.255 e. The third-order valence-electron chi connectivity index (χ3n) is 3.89. The van der Waals surface area contributed by atoms with Gasteiger partial charge in [0.1, 0.15) is 17.4 Å². The van der Waals surface area contributed by atoms with Gasteiger partial charge in [-0.2, -0.15) is 0 Å². The van der Waals surface area contributed by atoms with Gasteiger partial charge in [-0.25, -0.2) is 9.97 Å². The van der Waals surface area contributed by atoms with Crippen molar-refractivity contribution in [1.82, 2.24) is 15.3 Å². The standard InChI is InChI=1S/C16H20N4O3/c1-10-12(4-8-23-10)16(21)20-13-5-7-22-9-14(13)19-15-3-6-17-11(2)18-15/h3-4,6,8,13-14H,5,7,9H2,1-2H3,(H,20,21)(H,17,18,19)/t13-,14+/m0/s1. The van der Waals surface area contributed by atoms with Gasteiger partial charge < -0.3 is 19.8 Å². The molecule has 2 atom stereocenters. The molecule has 1 amide bonds. The Kier molecular flexibility index (Phi) is 4.57. The van der Waals surface area contributed by atoms with Crippen molar-refractivity contribution in [3.8, 4) is 0 Å². The largest absolute Gasteiger partial charge is 0.469 e. The SMILES string of the molecule is Cc1nccc(N[C@@H]2COCC[C@@H]2NC(=O)c2ccoc2C)n1. The summed E-state index contributed by atoms with van der Waals surface area (Å²) in [6, 6.07) is 3.40. The molecule has 2 aromatic rings. The molecule has 1 fully saturated rings. The molecule has 0 radical (unpaired) electrons. The molecule has 2 N–H and O–H groups in total. The van der Waals surface area contributed by atoms with Gasteiger partial charge in [-0.3, -0.25) is 4.79 Å². The molecule has 3 rings (SSSR count). The average molecular weight is 316 g/mol. The van der Waals surface area contributed by atoms with Crippen LogP contribution in [0.5, 0.6) is 0 Å². The number of carbonyl (C=O) groups excluding carboxylic acids is 1. The van der Waals surface area contributed by atoms with Crippen molar-refractivity contribution in [1.29, 1.82) is 0 Å². The highest BCUT2D eigenvalue weighted by molar-refractivity contribution is 5.95. The summed E-state index contributed by atoms with van der Waals surface area (Å²) in [5, 5.41) is 6.38. The van der Waals surface area contributed by atoms with E-state index in [1.807, 2.05) is 6.92 Å². The summed E-state index contributed by atoms with van der Waals surface area (Å²) in [4.78, 5) is 20.8. The summed E-state index contributed by atoms with van der Waals surface area (Å²) in [5.41, 5.74) is 0.563. The highest BCUT2D eigenvalue weighted by Gasteiger charge is 2.28. The van der Waals surface area contributed by atoms with Crippen LogP contribution < -0.4 is 10.6 Å². The molecule has 1 aliphatic rings. The van der Waals surface area contributed by atoms with Crippen LogP contribution in [0.1, 0.15) is 28.4 Å². The van der Waals surface area contributed by atoms with Crippen molar-refractivity contribution < 1.29 is 13.9 Å². The molecule has 0 spiro atoms. The zero-order valence-corrected chi connectivity index (χ0v) is 13.2. The van der Waals surface area contributed by atoms with Crippen LogP contribution in [0, 0.1) is 13.8 Å². The molecular weight excluding hydrogens is 296 g/mol. The molecule has 0 saturated carbocycles. The molecule has 122 valence electrons. The quantitative estimate of drug-likeness (QED) is 0.892. The predicted molar refractivity (Wildman–Crippen MR) is 84.3 cm³/mol. The number of nitrogens with one attached hydrogen (secondary N) is 2. The monoisotopic (exact) mass is 316 g/mol. The van der Waals surface area contributed by atoms with Crippen LogP contribution >= 0.6 is 0 Å². The zero-order chi connectivity index (χ0) is 16.2. The van der Waals surface area contributed by atoms with Gasteiger partial charge in [0.05, 0.1) is 30.5 Å². The van der Waals surface area contributed by atoms with Gasteiger partial charge in [0.15, 0.2) is 0 Å². The lowest BCUT2D eigenvalue weighted by Gasteiger charge is -2.33. The van der Waals surface area contributed by atoms with Crippen LogP contribution in [0.2, 0.25) is 0 Å². The Morgan fingerprint density at radius 1 is 1.30 bits per heavy atom. The Morgan fingerprint density at radius 3 is 2.91 bits per heavy atom. The number of rotatable bonds is 4. The van der Waals surface area contributed by atoms with E-state index < -0.39 is 0 Å². The molecule has 1 aliphatic heterocycles. The van der Waals surface area contributed by atoms with Crippen molar-refractivity contribution in [3.63, 3.8) is 0 Å². The molecule has 0 aliphatic carbocycles. The number of aromatic nitrogens is 2. The van der Waals surface area contributed by atoms with E-state index in [1.54, 1.807) is 25.3 Å². The predicted octanol–water partition coefficient (Wildman–Crippen LogP) is 1.69. The van der Waals surface area contributed by atoms with E-state index in [4.69, 9.17) is 9.15 Å². The van der Waals surface area contributed by atoms with Gasteiger partial charge in [0, 0.05) is 12.8 Å². The number of carbonyl (C=O) groups is 1. The minimum atomic E-state index is -0.131. The summed E-state index contributed by atoms with van der Waals surface area (Å²) in [5.74, 6) is 1.91. The Balaban J connectivity index is 1.69. The Labute approximate surface area is 134 Å². The molecular formula is C16H20N4O3. The molecule has 7 heteroatoms. The van der Waals surface area contributed by atoms with E-state index in [1.165, 1.54) is 6.26 Å². The second-order valence-corrected chi connectivity index (χ2v) is 5.57. The minimum absolute atomic E-state index is 0.0409. The third-order valence-corrected chi connectivity index (χ3v) is 3.89. The maximum atomic E-state index is 12.4. The molecule has 7 nitrogen and oxygen atoms in total. The first-order chi connectivity index (χ1) is 11.1. The minimum Gasteiger partial charge on any atom is -0.469 e. The fourth-order valence-electron chi connectivity index (χ4n) is 2.65. The van der Waals surface area contributed by atoms with E-state index in [-0.39, 0.29) is 18.0 Å². The lowest BCUT2D eigenvalue weighted by atomic mass is 10.0. The number of furan rings is 1. The number of anilines is 1. The van der Waals surface area contributed by atoms with E-state index >= 15 is 0 Å². The lowest BCUT2D eigenvalue weighted by molar-refractivity contribution is 0.0619. The van der Waals surface area contributed by atoms with Gasteiger partial charge in [0.2, 0.25) is 0 Å². The molecule has 2 aromatic heterocycles. The first-order valence-electron chi connectivity index (χ1n) is 7.62. The highest BCUT2D eigenvalue weighted by Crippen LogP contribution is 2.15. The maximum Gasteiger partial charge on any atom is 0.255 e. The molecule has 23 heavy (non-hydrogen) atoms. The second-order valence-electron chi connectivity index (χ2n) is 5.57. The summed E-state index contributed by atoms with van der Waals surface area (Å²) in [6.45, 7) is 4.75. The number of ether oxygens (including phenoxy) is 1. The maximum absolute atomic E-state index is 12.4. The van der Waals surface area contributed by atoms with Crippen molar-refractivity contribution in [3.05, 3.63) is 41.7 Å². The highest BCUT2D eigenvalue weighted by atomic mass is 16.5. The van der Waals surface area contributed by atoms with Crippen LogP contribution in [0.15, 0.2) is 29.0 Å². The fraction of sp³-hybridized carbons (Fsp3) is 0.438. The van der Waals surface area contributed by atoms with Crippen LogP contribution in [0.3, 0.4) is 0 Å². The summed E-state index contributed by atoms with van der Waals surface area (Å²) in [6.07, 6.45) is 3.97. The molecule has 3 heterocycles.